The van der Waals surface area contributed by atoms with Crippen molar-refractivity contribution in [1.29, 1.82) is 0 Å². The van der Waals surface area contributed by atoms with Gasteiger partial charge in [0.2, 0.25) is 11.8 Å². The van der Waals surface area contributed by atoms with Crippen LogP contribution in [-0.2, 0) is 42.0 Å². The molecule has 0 aromatic heterocycles. The summed E-state index contributed by atoms with van der Waals surface area (Å²) in [7, 11) is 1.27. The zero-order valence-corrected chi connectivity index (χ0v) is 25.7. The Bertz CT molecular complexity index is 1280. The van der Waals surface area contributed by atoms with Gasteiger partial charge >= 0.3 is 12.1 Å². The molecule has 0 radical (unpaired) electrons. The van der Waals surface area contributed by atoms with Crippen LogP contribution in [0.3, 0.4) is 0 Å². The van der Waals surface area contributed by atoms with Gasteiger partial charge in [-0.1, -0.05) is 91.0 Å². The Balaban J connectivity index is 1.53. The van der Waals surface area contributed by atoms with Crippen LogP contribution in [0, 0.1) is 0 Å². The van der Waals surface area contributed by atoms with Gasteiger partial charge in [-0.25, -0.2) is 9.59 Å². The lowest BCUT2D eigenvalue weighted by Crippen LogP contribution is -2.53. The second-order valence-electron chi connectivity index (χ2n) is 9.44. The molecule has 0 heterocycles. The average Bonchev–Trinajstić information content (AvgIpc) is 3.04. The summed E-state index contributed by atoms with van der Waals surface area (Å²) in [6.45, 7) is 0.149. The number of hydrogen-bond donors (Lipinski definition) is 3. The minimum Gasteiger partial charge on any atom is -0.467 e. The van der Waals surface area contributed by atoms with Crippen LogP contribution in [0.1, 0.15) is 23.1 Å². The zero-order valence-electron chi connectivity index (χ0n) is 24.0. The molecule has 0 fully saturated rings. The molecule has 3 aromatic rings. The second-order valence-corrected chi connectivity index (χ2v) is 11.5. The molecule has 0 spiro atoms. The molecule has 11 heteroatoms. The Morgan fingerprint density at radius 2 is 1.21 bits per heavy atom. The van der Waals surface area contributed by atoms with E-state index in [-0.39, 0.29) is 25.3 Å². The lowest BCUT2D eigenvalue weighted by molar-refractivity contribution is -0.144. The average molecular weight is 624 g/mol. The van der Waals surface area contributed by atoms with E-state index in [1.54, 1.807) is 0 Å². The highest BCUT2D eigenvalue weighted by Crippen LogP contribution is 2.15. The molecular weight excluding hydrogens is 587 g/mol. The van der Waals surface area contributed by atoms with E-state index < -0.39 is 36.0 Å². The second kappa shape index (κ2) is 19.3. The standard InChI is InChI=1S/C32H37N3O6S2/c1-40-31(38)28(23-43-21-26-15-9-4-10-16-26)35-30(37)27(22-42-20-25-13-7-3-8-14-25)34-29(36)17-18-33-32(39)41-19-24-11-5-2-6-12-24/h2-16,27-28H,17-23H2,1H3,(H,33,39)(H,34,36)(H,35,37)/t27-,28+/m1/s1. The lowest BCUT2D eigenvalue weighted by atomic mass is 10.2. The van der Waals surface area contributed by atoms with Crippen molar-refractivity contribution >= 4 is 47.4 Å². The van der Waals surface area contributed by atoms with Crippen molar-refractivity contribution in [2.45, 2.75) is 36.6 Å². The van der Waals surface area contributed by atoms with E-state index in [1.165, 1.54) is 30.6 Å². The normalized spacial score (nSPS) is 11.9. The first-order valence-corrected chi connectivity index (χ1v) is 16.1. The van der Waals surface area contributed by atoms with Gasteiger partial charge in [-0.05, 0) is 16.7 Å². The summed E-state index contributed by atoms with van der Waals surface area (Å²) in [5, 5.41) is 8.07. The molecule has 0 aliphatic carbocycles. The number of rotatable bonds is 17. The molecule has 0 aliphatic rings. The Morgan fingerprint density at radius 1 is 0.698 bits per heavy atom. The molecular formula is C32H37N3O6S2. The lowest BCUT2D eigenvalue weighted by Gasteiger charge is -2.22. The van der Waals surface area contributed by atoms with Gasteiger partial charge in [0, 0.05) is 36.0 Å². The van der Waals surface area contributed by atoms with Gasteiger partial charge in [-0.3, -0.25) is 9.59 Å². The molecule has 3 amide bonds. The number of alkyl carbamates (subject to hydrolysis) is 1. The highest BCUT2D eigenvalue weighted by atomic mass is 32.2. The Kier molecular flexibility index (Phi) is 15.0. The monoisotopic (exact) mass is 623 g/mol. The van der Waals surface area contributed by atoms with Gasteiger partial charge in [0.05, 0.1) is 7.11 Å². The molecule has 0 saturated heterocycles. The zero-order chi connectivity index (χ0) is 30.7. The van der Waals surface area contributed by atoms with Gasteiger partial charge in [-0.2, -0.15) is 23.5 Å². The SMILES string of the molecule is COC(=O)[C@H](CSCc1ccccc1)NC(=O)[C@@H](CSCc1ccccc1)NC(=O)CCNC(=O)OCc1ccccc1. The van der Waals surface area contributed by atoms with Gasteiger partial charge in [-0.15, -0.1) is 0 Å². The molecule has 228 valence electrons. The van der Waals surface area contributed by atoms with Gasteiger partial charge < -0.3 is 25.4 Å². The van der Waals surface area contributed by atoms with Crippen LogP contribution in [0.15, 0.2) is 91.0 Å². The fourth-order valence-corrected chi connectivity index (χ4v) is 5.84. The first kappa shape index (κ1) is 33.5. The molecule has 9 nitrogen and oxygen atoms in total. The number of methoxy groups -OCH3 is 1. The Labute approximate surface area is 260 Å². The summed E-state index contributed by atoms with van der Waals surface area (Å²) >= 11 is 2.98. The molecule has 0 bridgehead atoms. The van der Waals surface area contributed by atoms with E-state index in [0.717, 1.165) is 16.7 Å². The highest BCUT2D eigenvalue weighted by Gasteiger charge is 2.27. The number of thioether (sulfide) groups is 2. The van der Waals surface area contributed by atoms with E-state index in [9.17, 15) is 19.2 Å². The van der Waals surface area contributed by atoms with Gasteiger partial charge in [0.15, 0.2) is 0 Å². The van der Waals surface area contributed by atoms with E-state index in [4.69, 9.17) is 9.47 Å². The summed E-state index contributed by atoms with van der Waals surface area (Å²) in [4.78, 5) is 50.6. The maximum Gasteiger partial charge on any atom is 0.407 e. The van der Waals surface area contributed by atoms with Crippen LogP contribution in [0.5, 0.6) is 0 Å². The van der Waals surface area contributed by atoms with Crippen LogP contribution in [0.25, 0.3) is 0 Å². The number of hydrogen-bond acceptors (Lipinski definition) is 8. The van der Waals surface area contributed by atoms with Crippen molar-refractivity contribution in [3.05, 3.63) is 108 Å². The third-order valence-corrected chi connectivity index (χ3v) is 8.29. The first-order chi connectivity index (χ1) is 20.9. The summed E-state index contributed by atoms with van der Waals surface area (Å²) in [6.07, 6.45) is -0.695. The minimum atomic E-state index is -0.905. The third kappa shape index (κ3) is 13.3. The largest absolute Gasteiger partial charge is 0.467 e. The summed E-state index contributed by atoms with van der Waals surface area (Å²) < 4.78 is 10.1. The van der Waals surface area contributed by atoms with Crippen molar-refractivity contribution in [1.82, 2.24) is 16.0 Å². The first-order valence-electron chi connectivity index (χ1n) is 13.8. The topological polar surface area (TPSA) is 123 Å². The Morgan fingerprint density at radius 3 is 1.74 bits per heavy atom. The minimum absolute atomic E-state index is 0.0336. The van der Waals surface area contributed by atoms with Crippen LogP contribution < -0.4 is 16.0 Å². The number of ether oxygens (including phenoxy) is 2. The fraction of sp³-hybridized carbons (Fsp3) is 0.312. The van der Waals surface area contributed by atoms with Crippen LogP contribution in [-0.4, -0.2) is 61.1 Å². The molecule has 2 atom stereocenters. The van der Waals surface area contributed by atoms with Crippen LogP contribution in [0.2, 0.25) is 0 Å². The van der Waals surface area contributed by atoms with Gasteiger partial charge in [0.25, 0.3) is 0 Å². The molecule has 0 aliphatic heterocycles. The van der Waals surface area contributed by atoms with E-state index in [0.29, 0.717) is 17.3 Å². The number of amides is 3. The maximum atomic E-state index is 13.3. The van der Waals surface area contributed by atoms with Crippen molar-refractivity contribution in [3.63, 3.8) is 0 Å². The van der Waals surface area contributed by atoms with E-state index in [1.807, 2.05) is 91.0 Å². The number of carbonyl (C=O) groups is 4. The molecule has 3 N–H and O–H groups in total. The Hall–Kier alpha value is -3.96. The molecule has 43 heavy (non-hydrogen) atoms. The smallest absolute Gasteiger partial charge is 0.407 e. The van der Waals surface area contributed by atoms with Crippen LogP contribution >= 0.6 is 23.5 Å². The van der Waals surface area contributed by atoms with Gasteiger partial charge in [0.1, 0.15) is 18.7 Å². The number of carbonyl (C=O) groups excluding carboxylic acids is 4. The number of nitrogens with one attached hydrogen (secondary N) is 3. The molecule has 0 saturated carbocycles. The highest BCUT2D eigenvalue weighted by molar-refractivity contribution is 7.98. The maximum absolute atomic E-state index is 13.3. The summed E-state index contributed by atoms with van der Waals surface area (Å²) in [5.41, 5.74) is 3.03. The summed E-state index contributed by atoms with van der Waals surface area (Å²) in [6, 6.07) is 27.1. The van der Waals surface area contributed by atoms with E-state index in [2.05, 4.69) is 16.0 Å². The fourth-order valence-electron chi connectivity index (χ4n) is 3.82. The van der Waals surface area contributed by atoms with E-state index >= 15 is 0 Å². The predicted octanol–water partition coefficient (Wildman–Crippen LogP) is 4.31. The molecule has 3 aromatic carbocycles. The number of esters is 1. The van der Waals surface area contributed by atoms with Crippen molar-refractivity contribution in [2.75, 3.05) is 25.2 Å². The van der Waals surface area contributed by atoms with Crippen molar-refractivity contribution in [2.24, 2.45) is 0 Å². The third-order valence-electron chi connectivity index (χ3n) is 6.08. The quantitative estimate of drug-likeness (QED) is 0.190. The van der Waals surface area contributed by atoms with Crippen molar-refractivity contribution < 1.29 is 28.7 Å². The van der Waals surface area contributed by atoms with Crippen LogP contribution in [0.4, 0.5) is 4.79 Å². The van der Waals surface area contributed by atoms with Crippen molar-refractivity contribution in [3.8, 4) is 0 Å². The summed E-state index contributed by atoms with van der Waals surface area (Å²) in [5.74, 6) is 0.427. The molecule has 3 rings (SSSR count). The number of benzene rings is 3. The predicted molar refractivity (Wildman–Crippen MR) is 170 cm³/mol. The molecule has 0 unspecified atom stereocenters.